The van der Waals surface area contributed by atoms with Crippen LogP contribution in [-0.4, -0.2) is 29.7 Å². The molecule has 0 spiro atoms. The van der Waals surface area contributed by atoms with Crippen molar-refractivity contribution in [3.05, 3.63) is 63.0 Å². The van der Waals surface area contributed by atoms with E-state index in [-0.39, 0.29) is 18.2 Å². The number of hydrogen-bond donors (Lipinski definition) is 2. The molecule has 0 radical (unpaired) electrons. The summed E-state index contributed by atoms with van der Waals surface area (Å²) in [4.78, 5) is 22.1. The predicted octanol–water partition coefficient (Wildman–Crippen LogP) is 7.12. The number of nitro benzene ring substituents is 1. The number of alkyl halides is 10. The van der Waals surface area contributed by atoms with Crippen LogP contribution in [0.4, 0.5) is 65.4 Å². The van der Waals surface area contributed by atoms with Crippen LogP contribution >= 0.6 is 0 Å². The van der Waals surface area contributed by atoms with E-state index < -0.39 is 81.0 Å². The summed E-state index contributed by atoms with van der Waals surface area (Å²) >= 11 is 0. The number of carbonyl (C=O) groups is 1. The smallest absolute Gasteiger partial charge is 0.382 e. The van der Waals surface area contributed by atoms with Gasteiger partial charge in [-0.1, -0.05) is 6.07 Å². The van der Waals surface area contributed by atoms with E-state index in [1.807, 2.05) is 0 Å². The van der Waals surface area contributed by atoms with Gasteiger partial charge < -0.3 is 10.6 Å². The van der Waals surface area contributed by atoms with Gasteiger partial charge in [-0.15, -0.1) is 0 Å². The summed E-state index contributed by atoms with van der Waals surface area (Å²) in [5.41, 5.74) is -17.1. The van der Waals surface area contributed by atoms with Crippen molar-refractivity contribution in [2.45, 2.75) is 37.0 Å². The number of carbonyl (C=O) groups excluding carboxylic acids is 1. The molecule has 1 aliphatic carbocycles. The number of nitrogens with zero attached hydrogens (tertiary/aromatic N) is 1. The maximum absolute atomic E-state index is 14.8. The molecule has 2 N–H and O–H groups in total. The van der Waals surface area contributed by atoms with Crippen LogP contribution in [0.3, 0.4) is 0 Å². The molecule has 2 aromatic carbocycles. The van der Waals surface area contributed by atoms with Gasteiger partial charge in [0.15, 0.2) is 5.82 Å². The molecule has 3 rings (SSSR count). The number of rotatable bonds is 7. The summed E-state index contributed by atoms with van der Waals surface area (Å²) in [7, 11) is 0. The van der Waals surface area contributed by atoms with E-state index in [1.54, 1.807) is 0 Å². The highest BCUT2D eigenvalue weighted by molar-refractivity contribution is 6.06. The van der Waals surface area contributed by atoms with Crippen LogP contribution in [0.15, 0.2) is 30.3 Å². The Kier molecular flexibility index (Phi) is 7.28. The van der Waals surface area contributed by atoms with Crippen LogP contribution < -0.4 is 10.6 Å². The quantitative estimate of drug-likeness (QED) is 0.213. The normalized spacial score (nSPS) is 14.8. The minimum Gasteiger partial charge on any atom is -0.382 e. The minimum absolute atomic E-state index is 0.221. The van der Waals surface area contributed by atoms with Crippen molar-refractivity contribution in [3.63, 3.8) is 0 Å². The van der Waals surface area contributed by atoms with Gasteiger partial charge >= 0.3 is 24.2 Å². The Labute approximate surface area is 205 Å². The molecule has 1 fully saturated rings. The van der Waals surface area contributed by atoms with Crippen molar-refractivity contribution in [1.82, 2.24) is 0 Å². The molecule has 0 aromatic heterocycles. The summed E-state index contributed by atoms with van der Waals surface area (Å²) in [6.45, 7) is 0.288. The lowest BCUT2D eigenvalue weighted by Gasteiger charge is -2.31. The second-order valence-corrected chi connectivity index (χ2v) is 8.27. The molecular weight excluding hydrogens is 551 g/mol. The van der Waals surface area contributed by atoms with Crippen molar-refractivity contribution in [2.24, 2.45) is 5.92 Å². The van der Waals surface area contributed by atoms with Gasteiger partial charge in [-0.2, -0.15) is 39.5 Å². The van der Waals surface area contributed by atoms with Gasteiger partial charge in [-0.05, 0) is 37.0 Å². The van der Waals surface area contributed by atoms with E-state index in [0.717, 1.165) is 25.0 Å². The van der Waals surface area contributed by atoms with E-state index in [0.29, 0.717) is 0 Å². The summed E-state index contributed by atoms with van der Waals surface area (Å²) in [6.07, 6.45) is -18.0. The number of anilines is 2. The topological polar surface area (TPSA) is 84.3 Å². The third-order valence-corrected chi connectivity index (χ3v) is 5.56. The highest BCUT2D eigenvalue weighted by atomic mass is 19.4. The first-order valence-corrected chi connectivity index (χ1v) is 10.3. The molecule has 1 aliphatic rings. The van der Waals surface area contributed by atoms with Crippen molar-refractivity contribution in [2.75, 3.05) is 17.2 Å². The van der Waals surface area contributed by atoms with Gasteiger partial charge in [-0.3, -0.25) is 14.9 Å². The molecule has 2 aromatic rings. The SMILES string of the molecule is O=C(Nc1c([N+](=O)[O-])cc(C(F)(C(F)(F)F)C(F)(F)F)cc1C(F)(F)F)c1cccc(NCC2CC2)c1F. The number of benzene rings is 2. The van der Waals surface area contributed by atoms with Gasteiger partial charge in [0.25, 0.3) is 11.6 Å². The average molecular weight is 565 g/mol. The van der Waals surface area contributed by atoms with Gasteiger partial charge in [0.1, 0.15) is 5.69 Å². The molecule has 0 bridgehead atoms. The maximum atomic E-state index is 14.8. The Balaban J connectivity index is 2.16. The predicted molar refractivity (Wildman–Crippen MR) is 109 cm³/mol. The highest BCUT2D eigenvalue weighted by Crippen LogP contribution is 2.55. The summed E-state index contributed by atoms with van der Waals surface area (Å²) in [5.74, 6) is -2.83. The molecular formula is C21H14F11N3O3. The molecule has 0 saturated heterocycles. The van der Waals surface area contributed by atoms with Gasteiger partial charge in [0.05, 0.1) is 21.7 Å². The average Bonchev–Trinajstić information content (AvgIpc) is 3.59. The first kappa shape index (κ1) is 28.9. The molecule has 17 heteroatoms. The van der Waals surface area contributed by atoms with Crippen LogP contribution in [0, 0.1) is 21.8 Å². The number of nitro groups is 1. The molecule has 6 nitrogen and oxygen atoms in total. The molecule has 208 valence electrons. The fourth-order valence-electron chi connectivity index (χ4n) is 3.41. The molecule has 0 unspecified atom stereocenters. The lowest BCUT2D eigenvalue weighted by atomic mass is 9.91. The first-order valence-electron chi connectivity index (χ1n) is 10.3. The lowest BCUT2D eigenvalue weighted by Crippen LogP contribution is -2.50. The Morgan fingerprint density at radius 2 is 1.55 bits per heavy atom. The minimum atomic E-state index is -6.89. The number of nitrogens with one attached hydrogen (secondary N) is 2. The molecule has 0 heterocycles. The van der Waals surface area contributed by atoms with E-state index in [9.17, 15) is 63.2 Å². The van der Waals surface area contributed by atoms with Crippen LogP contribution in [0.2, 0.25) is 0 Å². The van der Waals surface area contributed by atoms with E-state index in [1.165, 1.54) is 11.4 Å². The van der Waals surface area contributed by atoms with E-state index in [4.69, 9.17) is 0 Å². The number of halogens is 11. The van der Waals surface area contributed by atoms with Crippen molar-refractivity contribution >= 4 is 23.0 Å². The summed E-state index contributed by atoms with van der Waals surface area (Å²) < 4.78 is 149. The largest absolute Gasteiger partial charge is 0.435 e. The molecule has 0 aliphatic heterocycles. The fraction of sp³-hybridized carbons (Fsp3) is 0.381. The van der Waals surface area contributed by atoms with Crippen LogP contribution in [0.1, 0.15) is 34.3 Å². The number of hydrogen-bond acceptors (Lipinski definition) is 4. The lowest BCUT2D eigenvalue weighted by molar-refractivity contribution is -0.384. The van der Waals surface area contributed by atoms with Crippen LogP contribution in [0.5, 0.6) is 0 Å². The van der Waals surface area contributed by atoms with Crippen molar-refractivity contribution in [1.29, 1.82) is 0 Å². The zero-order valence-corrected chi connectivity index (χ0v) is 18.4. The Bertz CT molecular complexity index is 1240. The zero-order chi connectivity index (χ0) is 28.8. The van der Waals surface area contributed by atoms with Crippen molar-refractivity contribution in [3.8, 4) is 0 Å². The van der Waals surface area contributed by atoms with Gasteiger partial charge in [-0.25, -0.2) is 8.78 Å². The fourth-order valence-corrected chi connectivity index (χ4v) is 3.41. The Morgan fingerprint density at radius 1 is 0.974 bits per heavy atom. The third-order valence-electron chi connectivity index (χ3n) is 5.56. The van der Waals surface area contributed by atoms with Gasteiger partial charge in [0.2, 0.25) is 0 Å². The third kappa shape index (κ3) is 5.45. The summed E-state index contributed by atoms with van der Waals surface area (Å²) in [6, 6.07) is 1.35. The highest BCUT2D eigenvalue weighted by Gasteiger charge is 2.74. The number of amides is 1. The van der Waals surface area contributed by atoms with Crippen molar-refractivity contribution < 1.29 is 58.0 Å². The Hall–Kier alpha value is -3.66. The molecule has 0 atom stereocenters. The molecule has 1 amide bonds. The maximum Gasteiger partial charge on any atom is 0.435 e. The molecule has 1 saturated carbocycles. The van der Waals surface area contributed by atoms with E-state index >= 15 is 0 Å². The second kappa shape index (κ2) is 9.58. The van der Waals surface area contributed by atoms with Gasteiger partial charge in [0, 0.05) is 18.2 Å². The first-order chi connectivity index (χ1) is 17.3. The standard InChI is InChI=1S/C21H14F11N3O3/c22-15-11(2-1-3-13(15)33-8-9-4-5-9)17(36)34-16-12(19(24,25)26)6-10(7-14(16)35(37)38)18(23,20(27,28)29)21(30,31)32/h1-3,6-7,9,33H,4-5,8H2,(H,34,36). The summed E-state index contributed by atoms with van der Waals surface area (Å²) in [5, 5.41) is 15.4. The zero-order valence-electron chi connectivity index (χ0n) is 18.4. The van der Waals surface area contributed by atoms with Crippen LogP contribution in [-0.2, 0) is 11.8 Å². The van der Waals surface area contributed by atoms with E-state index in [2.05, 4.69) is 5.32 Å². The Morgan fingerprint density at radius 3 is 2.03 bits per heavy atom. The second-order valence-electron chi connectivity index (χ2n) is 8.27. The monoisotopic (exact) mass is 565 g/mol. The molecule has 38 heavy (non-hydrogen) atoms. The van der Waals surface area contributed by atoms with Crippen LogP contribution in [0.25, 0.3) is 0 Å².